The number of hydrogen-bond acceptors (Lipinski definition) is 5. The highest BCUT2D eigenvalue weighted by Gasteiger charge is 2.18. The molecule has 0 spiro atoms. The number of carbonyl (C=O) groups is 2. The number of likely N-dealkylation sites (N-methyl/N-ethyl adjacent to an activating group) is 1. The van der Waals surface area contributed by atoms with Gasteiger partial charge in [-0.2, -0.15) is 0 Å². The van der Waals surface area contributed by atoms with E-state index in [0.29, 0.717) is 5.13 Å². The van der Waals surface area contributed by atoms with Crippen molar-refractivity contribution in [2.45, 2.75) is 0 Å². The average Bonchev–Trinajstić information content (AvgIpc) is 2.69. The third-order valence-electron chi connectivity index (χ3n) is 1.63. The highest BCUT2D eigenvalue weighted by molar-refractivity contribution is 7.13. The summed E-state index contributed by atoms with van der Waals surface area (Å²) in [6.45, 7) is -0.0447. The van der Waals surface area contributed by atoms with Crippen molar-refractivity contribution in [1.82, 2.24) is 9.88 Å². The summed E-state index contributed by atoms with van der Waals surface area (Å²) in [7, 11) is 1.44. The van der Waals surface area contributed by atoms with Crippen LogP contribution in [0, 0.1) is 0 Å². The van der Waals surface area contributed by atoms with Crippen molar-refractivity contribution < 1.29 is 14.7 Å². The van der Waals surface area contributed by atoms with Crippen molar-refractivity contribution in [3.63, 3.8) is 0 Å². The standard InChI is InChI=1S/C8H11N3O3S/c1-11(3-4-12)7(14)6(13)10-8-9-2-5-15-8/h2,5,12H,3-4H2,1H3,(H,9,10,13). The molecule has 0 unspecified atom stereocenters. The van der Waals surface area contributed by atoms with Crippen LogP contribution in [0.2, 0.25) is 0 Å². The zero-order valence-corrected chi connectivity index (χ0v) is 8.95. The molecule has 1 aromatic rings. The predicted molar refractivity (Wildman–Crippen MR) is 55.5 cm³/mol. The van der Waals surface area contributed by atoms with E-state index in [9.17, 15) is 9.59 Å². The number of aliphatic hydroxyl groups is 1. The normalized spacial score (nSPS) is 9.73. The van der Waals surface area contributed by atoms with E-state index in [1.807, 2.05) is 0 Å². The number of amides is 2. The fourth-order valence-electron chi connectivity index (χ4n) is 0.861. The van der Waals surface area contributed by atoms with Crippen LogP contribution in [0.25, 0.3) is 0 Å². The summed E-state index contributed by atoms with van der Waals surface area (Å²) in [6, 6.07) is 0. The molecule has 0 radical (unpaired) electrons. The van der Waals surface area contributed by atoms with Crippen molar-refractivity contribution in [2.75, 3.05) is 25.5 Å². The van der Waals surface area contributed by atoms with E-state index < -0.39 is 11.8 Å². The van der Waals surface area contributed by atoms with Gasteiger partial charge in [-0.25, -0.2) is 4.98 Å². The van der Waals surface area contributed by atoms with Gasteiger partial charge in [-0.15, -0.1) is 11.3 Å². The molecular weight excluding hydrogens is 218 g/mol. The van der Waals surface area contributed by atoms with Crippen LogP contribution < -0.4 is 5.32 Å². The molecule has 2 amide bonds. The van der Waals surface area contributed by atoms with E-state index in [1.165, 1.54) is 24.6 Å². The smallest absolute Gasteiger partial charge is 0.315 e. The van der Waals surface area contributed by atoms with Crippen LogP contribution in [-0.2, 0) is 9.59 Å². The minimum atomic E-state index is -0.749. The van der Waals surface area contributed by atoms with Gasteiger partial charge in [0.15, 0.2) is 5.13 Å². The largest absolute Gasteiger partial charge is 0.395 e. The topological polar surface area (TPSA) is 82.5 Å². The molecule has 1 rings (SSSR count). The maximum atomic E-state index is 11.3. The van der Waals surface area contributed by atoms with Gasteiger partial charge in [-0.05, 0) is 0 Å². The Morgan fingerprint density at radius 3 is 2.93 bits per heavy atom. The molecule has 6 nitrogen and oxygen atoms in total. The number of thiazole rings is 1. The van der Waals surface area contributed by atoms with Crippen LogP contribution in [0.5, 0.6) is 0 Å². The second-order valence-corrected chi connectivity index (χ2v) is 3.64. The van der Waals surface area contributed by atoms with E-state index in [0.717, 1.165) is 4.90 Å². The Balaban J connectivity index is 2.50. The summed E-state index contributed by atoms with van der Waals surface area (Å²) >= 11 is 1.23. The number of hydrogen-bond donors (Lipinski definition) is 2. The molecule has 82 valence electrons. The highest BCUT2D eigenvalue weighted by Crippen LogP contribution is 2.09. The zero-order valence-electron chi connectivity index (χ0n) is 8.14. The number of carbonyl (C=O) groups excluding carboxylic acids is 2. The van der Waals surface area contributed by atoms with Crippen molar-refractivity contribution in [3.8, 4) is 0 Å². The maximum Gasteiger partial charge on any atom is 0.315 e. The fourth-order valence-corrected chi connectivity index (χ4v) is 1.38. The van der Waals surface area contributed by atoms with Gasteiger partial charge in [0, 0.05) is 25.2 Å². The monoisotopic (exact) mass is 229 g/mol. The number of anilines is 1. The van der Waals surface area contributed by atoms with Crippen LogP contribution in [0.15, 0.2) is 11.6 Å². The molecular formula is C8H11N3O3S. The number of nitrogens with one attached hydrogen (secondary N) is 1. The summed E-state index contributed by atoms with van der Waals surface area (Å²) in [5.41, 5.74) is 0. The Labute approximate surface area is 90.5 Å². The molecule has 2 N–H and O–H groups in total. The van der Waals surface area contributed by atoms with E-state index in [-0.39, 0.29) is 13.2 Å². The van der Waals surface area contributed by atoms with Crippen molar-refractivity contribution in [3.05, 3.63) is 11.6 Å². The molecule has 7 heteroatoms. The lowest BCUT2D eigenvalue weighted by Gasteiger charge is -2.13. The van der Waals surface area contributed by atoms with Crippen LogP contribution in [-0.4, -0.2) is 47.0 Å². The summed E-state index contributed by atoms with van der Waals surface area (Å²) in [6.07, 6.45) is 1.53. The number of nitrogens with zero attached hydrogens (tertiary/aromatic N) is 2. The first kappa shape index (κ1) is 11.6. The van der Waals surface area contributed by atoms with E-state index in [2.05, 4.69) is 10.3 Å². The molecule has 1 heterocycles. The second kappa shape index (κ2) is 5.42. The molecule has 0 aliphatic heterocycles. The molecule has 0 fully saturated rings. The van der Waals surface area contributed by atoms with Crippen LogP contribution >= 0.6 is 11.3 Å². The lowest BCUT2D eigenvalue weighted by atomic mass is 10.4. The molecule has 0 aromatic carbocycles. The van der Waals surface area contributed by atoms with Gasteiger partial charge in [0.05, 0.1) is 6.61 Å². The van der Waals surface area contributed by atoms with Gasteiger partial charge in [0.25, 0.3) is 0 Å². The van der Waals surface area contributed by atoms with Crippen molar-refractivity contribution in [2.24, 2.45) is 0 Å². The number of rotatable bonds is 3. The third kappa shape index (κ3) is 3.30. The second-order valence-electron chi connectivity index (χ2n) is 2.74. The Morgan fingerprint density at radius 1 is 1.67 bits per heavy atom. The first-order chi connectivity index (χ1) is 7.15. The van der Waals surface area contributed by atoms with Crippen LogP contribution in [0.3, 0.4) is 0 Å². The van der Waals surface area contributed by atoms with Crippen LogP contribution in [0.4, 0.5) is 5.13 Å². The molecule has 0 aliphatic carbocycles. The fraction of sp³-hybridized carbons (Fsp3) is 0.375. The summed E-state index contributed by atoms with van der Waals surface area (Å²) < 4.78 is 0. The summed E-state index contributed by atoms with van der Waals surface area (Å²) in [5.74, 6) is -1.44. The molecule has 0 aliphatic rings. The molecule has 0 saturated heterocycles. The average molecular weight is 229 g/mol. The summed E-state index contributed by atoms with van der Waals surface area (Å²) in [4.78, 5) is 27.6. The zero-order chi connectivity index (χ0) is 11.3. The lowest BCUT2D eigenvalue weighted by Crippen LogP contribution is -2.38. The first-order valence-corrected chi connectivity index (χ1v) is 5.10. The van der Waals surface area contributed by atoms with E-state index in [4.69, 9.17) is 5.11 Å². The Morgan fingerprint density at radius 2 is 2.40 bits per heavy atom. The molecule has 0 bridgehead atoms. The van der Waals surface area contributed by atoms with Gasteiger partial charge >= 0.3 is 11.8 Å². The highest BCUT2D eigenvalue weighted by atomic mass is 32.1. The van der Waals surface area contributed by atoms with Gasteiger partial charge in [-0.1, -0.05) is 0 Å². The Hall–Kier alpha value is -1.47. The molecule has 0 saturated carbocycles. The van der Waals surface area contributed by atoms with Gasteiger partial charge < -0.3 is 10.0 Å². The van der Waals surface area contributed by atoms with Gasteiger partial charge in [0.1, 0.15) is 0 Å². The molecule has 1 aromatic heterocycles. The number of aromatic nitrogens is 1. The van der Waals surface area contributed by atoms with Crippen molar-refractivity contribution >= 4 is 28.3 Å². The van der Waals surface area contributed by atoms with E-state index >= 15 is 0 Å². The van der Waals surface area contributed by atoms with Gasteiger partial charge in [0.2, 0.25) is 0 Å². The van der Waals surface area contributed by atoms with E-state index in [1.54, 1.807) is 5.38 Å². The third-order valence-corrected chi connectivity index (χ3v) is 2.32. The van der Waals surface area contributed by atoms with Crippen molar-refractivity contribution in [1.29, 1.82) is 0 Å². The Bertz CT molecular complexity index is 339. The quantitative estimate of drug-likeness (QED) is 0.687. The molecule has 15 heavy (non-hydrogen) atoms. The minimum absolute atomic E-state index is 0.129. The van der Waals surface area contributed by atoms with Crippen LogP contribution in [0.1, 0.15) is 0 Å². The van der Waals surface area contributed by atoms with Gasteiger partial charge in [-0.3, -0.25) is 14.9 Å². The lowest BCUT2D eigenvalue weighted by molar-refractivity contribution is -0.142. The number of aliphatic hydroxyl groups excluding tert-OH is 1. The SMILES string of the molecule is CN(CCO)C(=O)C(=O)Nc1nccs1. The predicted octanol–water partition coefficient (Wildman–Crippen LogP) is -0.468. The Kier molecular flexibility index (Phi) is 4.19. The maximum absolute atomic E-state index is 11.3. The molecule has 0 atom stereocenters. The first-order valence-electron chi connectivity index (χ1n) is 4.22. The minimum Gasteiger partial charge on any atom is -0.395 e. The summed E-state index contributed by atoms with van der Waals surface area (Å²) in [5, 5.41) is 13.0.